The van der Waals surface area contributed by atoms with Crippen LogP contribution in [0, 0.1) is 12.3 Å². The minimum atomic E-state index is -0.0762. The van der Waals surface area contributed by atoms with E-state index in [0.717, 1.165) is 49.2 Å². The third-order valence-corrected chi connectivity index (χ3v) is 7.09. The van der Waals surface area contributed by atoms with Crippen molar-refractivity contribution in [2.45, 2.75) is 59.3 Å². The van der Waals surface area contributed by atoms with Crippen molar-refractivity contribution in [1.29, 1.82) is 0 Å². The Balaban J connectivity index is 1.36. The molecular formula is C24H36N4O3. The molecule has 0 atom stereocenters. The highest BCUT2D eigenvalue weighted by molar-refractivity contribution is 6.04. The highest BCUT2D eigenvalue weighted by Crippen LogP contribution is 2.37. The van der Waals surface area contributed by atoms with Gasteiger partial charge in [-0.3, -0.25) is 19.3 Å². The summed E-state index contributed by atoms with van der Waals surface area (Å²) in [6.45, 7) is 10.9. The summed E-state index contributed by atoms with van der Waals surface area (Å²) in [6.07, 6.45) is 5.95. The van der Waals surface area contributed by atoms with Gasteiger partial charge in [0.05, 0.1) is 6.54 Å². The summed E-state index contributed by atoms with van der Waals surface area (Å²) in [5, 5.41) is 0. The lowest BCUT2D eigenvalue weighted by Crippen LogP contribution is -2.51. The molecule has 1 aliphatic carbocycles. The van der Waals surface area contributed by atoms with Crippen molar-refractivity contribution >= 4 is 17.6 Å². The van der Waals surface area contributed by atoms with Crippen LogP contribution in [0.5, 0.6) is 0 Å². The van der Waals surface area contributed by atoms with E-state index in [0.29, 0.717) is 44.8 Å². The van der Waals surface area contributed by atoms with Crippen molar-refractivity contribution in [3.05, 3.63) is 22.5 Å². The first kappa shape index (κ1) is 22.1. The van der Waals surface area contributed by atoms with E-state index < -0.39 is 0 Å². The lowest BCUT2D eigenvalue weighted by molar-refractivity contribution is -0.132. The molecule has 3 heterocycles. The molecule has 0 unspecified atom stereocenters. The average molecular weight is 429 g/mol. The normalized spacial score (nSPS) is 22.2. The number of H-pyrrole nitrogens is 1. The SMILES string of the molecule is Cc1c(C(=O)N2CCN(CC(=O)N3CCCCCC3)CC2)[nH]c2c1C(=O)CC(C)(C)C2. The van der Waals surface area contributed by atoms with Gasteiger partial charge in [0.1, 0.15) is 5.69 Å². The van der Waals surface area contributed by atoms with Crippen LogP contribution in [0.1, 0.15) is 78.1 Å². The Labute approximate surface area is 185 Å². The number of Topliss-reactive ketones (excluding diaryl/α,β-unsaturated/α-hetero) is 1. The Morgan fingerprint density at radius 1 is 0.903 bits per heavy atom. The summed E-state index contributed by atoms with van der Waals surface area (Å²) in [6, 6.07) is 0. The topological polar surface area (TPSA) is 76.7 Å². The Bertz CT molecular complexity index is 856. The highest BCUT2D eigenvalue weighted by atomic mass is 16.2. The number of carbonyl (C=O) groups is 3. The number of hydrogen-bond acceptors (Lipinski definition) is 4. The third kappa shape index (κ3) is 4.71. The Morgan fingerprint density at radius 2 is 1.55 bits per heavy atom. The van der Waals surface area contributed by atoms with Crippen LogP contribution in [0.2, 0.25) is 0 Å². The fraction of sp³-hybridized carbons (Fsp3) is 0.708. The maximum absolute atomic E-state index is 13.2. The van der Waals surface area contributed by atoms with Crippen LogP contribution in [-0.2, 0) is 11.2 Å². The number of likely N-dealkylation sites (tertiary alicyclic amines) is 1. The zero-order valence-corrected chi connectivity index (χ0v) is 19.3. The van der Waals surface area contributed by atoms with E-state index in [1.54, 1.807) is 0 Å². The van der Waals surface area contributed by atoms with Crippen LogP contribution in [0.15, 0.2) is 0 Å². The predicted octanol–water partition coefficient (Wildman–Crippen LogP) is 2.64. The number of amides is 2. The summed E-state index contributed by atoms with van der Waals surface area (Å²) >= 11 is 0. The molecule has 0 saturated carbocycles. The molecule has 31 heavy (non-hydrogen) atoms. The number of carbonyl (C=O) groups excluding carboxylic acids is 3. The zero-order chi connectivity index (χ0) is 22.2. The maximum Gasteiger partial charge on any atom is 0.270 e. The van der Waals surface area contributed by atoms with Crippen LogP contribution in [-0.4, -0.2) is 83.1 Å². The summed E-state index contributed by atoms with van der Waals surface area (Å²) in [4.78, 5) is 47.8. The maximum atomic E-state index is 13.2. The van der Waals surface area contributed by atoms with Crippen molar-refractivity contribution in [2.75, 3.05) is 45.8 Å². The number of nitrogens with zero attached hydrogens (tertiary/aromatic N) is 3. The molecule has 2 aliphatic heterocycles. The Hall–Kier alpha value is -2.15. The largest absolute Gasteiger partial charge is 0.354 e. The summed E-state index contributed by atoms with van der Waals surface area (Å²) < 4.78 is 0. The van der Waals surface area contributed by atoms with Crippen molar-refractivity contribution in [3.8, 4) is 0 Å². The lowest BCUT2D eigenvalue weighted by Gasteiger charge is -2.35. The summed E-state index contributed by atoms with van der Waals surface area (Å²) in [7, 11) is 0. The van der Waals surface area contributed by atoms with E-state index in [4.69, 9.17) is 0 Å². The van der Waals surface area contributed by atoms with Crippen LogP contribution < -0.4 is 0 Å². The Kier molecular flexibility index (Phi) is 6.24. The molecule has 7 heteroatoms. The molecule has 1 aromatic heterocycles. The second kappa shape index (κ2) is 8.77. The summed E-state index contributed by atoms with van der Waals surface area (Å²) in [5.41, 5.74) is 2.91. The van der Waals surface area contributed by atoms with Crippen LogP contribution in [0.3, 0.4) is 0 Å². The van der Waals surface area contributed by atoms with Gasteiger partial charge < -0.3 is 14.8 Å². The van der Waals surface area contributed by atoms with E-state index in [2.05, 4.69) is 23.7 Å². The second-order valence-corrected chi connectivity index (χ2v) is 10.3. The lowest BCUT2D eigenvalue weighted by atomic mass is 9.75. The molecule has 2 saturated heterocycles. The molecule has 7 nitrogen and oxygen atoms in total. The van der Waals surface area contributed by atoms with E-state index >= 15 is 0 Å². The molecule has 170 valence electrons. The van der Waals surface area contributed by atoms with E-state index in [-0.39, 0.29) is 23.0 Å². The fourth-order valence-corrected chi connectivity index (χ4v) is 5.32. The number of aromatic nitrogens is 1. The first-order valence-corrected chi connectivity index (χ1v) is 11.8. The minimum absolute atomic E-state index is 0.0315. The molecular weight excluding hydrogens is 392 g/mol. The third-order valence-electron chi connectivity index (χ3n) is 7.09. The van der Waals surface area contributed by atoms with Crippen LogP contribution in [0.25, 0.3) is 0 Å². The average Bonchev–Trinajstić information content (AvgIpc) is 2.89. The van der Waals surface area contributed by atoms with Crippen LogP contribution >= 0.6 is 0 Å². The molecule has 0 aromatic carbocycles. The first-order valence-electron chi connectivity index (χ1n) is 11.8. The van der Waals surface area contributed by atoms with E-state index in [1.807, 2.05) is 16.7 Å². The van der Waals surface area contributed by atoms with Crippen molar-refractivity contribution in [1.82, 2.24) is 19.7 Å². The highest BCUT2D eigenvalue weighted by Gasteiger charge is 2.36. The van der Waals surface area contributed by atoms with Gasteiger partial charge in [0.2, 0.25) is 5.91 Å². The predicted molar refractivity (Wildman–Crippen MR) is 119 cm³/mol. The zero-order valence-electron chi connectivity index (χ0n) is 19.3. The monoisotopic (exact) mass is 428 g/mol. The number of fused-ring (bicyclic) bond motifs is 1. The number of ketones is 1. The first-order chi connectivity index (χ1) is 14.7. The fourth-order valence-electron chi connectivity index (χ4n) is 5.32. The van der Waals surface area contributed by atoms with Gasteiger partial charge in [-0.2, -0.15) is 0 Å². The van der Waals surface area contributed by atoms with Gasteiger partial charge in [0.25, 0.3) is 5.91 Å². The number of hydrogen-bond donors (Lipinski definition) is 1. The number of rotatable bonds is 3. The molecule has 0 radical (unpaired) electrons. The van der Waals surface area contributed by atoms with E-state index in [9.17, 15) is 14.4 Å². The number of nitrogens with one attached hydrogen (secondary N) is 1. The molecule has 0 spiro atoms. The quantitative estimate of drug-likeness (QED) is 0.803. The standard InChI is InChI=1S/C24H36N4O3/c1-17-21-18(14-24(2,3)15-19(21)29)25-22(17)23(31)28-12-10-26(11-13-28)16-20(30)27-8-6-4-5-7-9-27/h25H,4-16H2,1-3H3. The van der Waals surface area contributed by atoms with Gasteiger partial charge in [-0.15, -0.1) is 0 Å². The van der Waals surface area contributed by atoms with Gasteiger partial charge in [-0.05, 0) is 37.2 Å². The smallest absolute Gasteiger partial charge is 0.270 e. The van der Waals surface area contributed by atoms with Crippen molar-refractivity contribution < 1.29 is 14.4 Å². The molecule has 2 amide bonds. The molecule has 3 aliphatic rings. The molecule has 1 N–H and O–H groups in total. The Morgan fingerprint density at radius 3 is 2.19 bits per heavy atom. The van der Waals surface area contributed by atoms with Gasteiger partial charge in [0, 0.05) is 56.9 Å². The van der Waals surface area contributed by atoms with Gasteiger partial charge >= 0.3 is 0 Å². The second-order valence-electron chi connectivity index (χ2n) is 10.3. The molecule has 4 rings (SSSR count). The van der Waals surface area contributed by atoms with Gasteiger partial charge in [-0.1, -0.05) is 26.7 Å². The molecule has 0 bridgehead atoms. The number of aromatic amines is 1. The minimum Gasteiger partial charge on any atom is -0.354 e. The van der Waals surface area contributed by atoms with Gasteiger partial charge in [0.15, 0.2) is 5.78 Å². The summed E-state index contributed by atoms with van der Waals surface area (Å²) in [5.74, 6) is 0.322. The van der Waals surface area contributed by atoms with Crippen molar-refractivity contribution in [3.63, 3.8) is 0 Å². The number of piperazine rings is 1. The molecule has 1 aromatic rings. The van der Waals surface area contributed by atoms with Gasteiger partial charge in [-0.25, -0.2) is 0 Å². The molecule has 2 fully saturated rings. The van der Waals surface area contributed by atoms with Crippen molar-refractivity contribution in [2.24, 2.45) is 5.41 Å². The van der Waals surface area contributed by atoms with Crippen LogP contribution in [0.4, 0.5) is 0 Å². The van der Waals surface area contributed by atoms with E-state index in [1.165, 1.54) is 12.8 Å².